The lowest BCUT2D eigenvalue weighted by Crippen LogP contribution is -2.23. The SMILES string of the molecule is C#CN(C=CC(C)=O)c1cnc(C)c(CN2C=[N+]=C3C=CC=C(C)C=C32)n1. The lowest BCUT2D eigenvalue weighted by atomic mass is 10.2. The third-order valence-corrected chi connectivity index (χ3v) is 4.09. The van der Waals surface area contributed by atoms with Gasteiger partial charge in [-0.1, -0.05) is 18.6 Å². The van der Waals surface area contributed by atoms with Crippen LogP contribution >= 0.6 is 0 Å². The lowest BCUT2D eigenvalue weighted by molar-refractivity contribution is -0.112. The van der Waals surface area contributed by atoms with Crippen molar-refractivity contribution < 1.29 is 4.79 Å². The van der Waals surface area contributed by atoms with Crippen LogP contribution in [0, 0.1) is 19.4 Å². The van der Waals surface area contributed by atoms with Crippen molar-refractivity contribution in [3.8, 4) is 12.5 Å². The molecule has 2 heterocycles. The van der Waals surface area contributed by atoms with E-state index >= 15 is 0 Å². The molecule has 1 aliphatic carbocycles. The molecule has 6 nitrogen and oxygen atoms in total. The molecule has 1 aromatic heterocycles. The summed E-state index contributed by atoms with van der Waals surface area (Å²) in [6.45, 7) is 5.93. The van der Waals surface area contributed by atoms with E-state index in [1.54, 1.807) is 12.5 Å². The average molecular weight is 358 g/mol. The zero-order chi connectivity index (χ0) is 19.4. The second-order valence-electron chi connectivity index (χ2n) is 6.24. The quantitative estimate of drug-likeness (QED) is 0.349. The minimum Gasteiger partial charge on any atom is -0.295 e. The number of terminal acetylenes is 1. The van der Waals surface area contributed by atoms with Crippen LogP contribution in [0.3, 0.4) is 0 Å². The number of hydrogen-bond donors (Lipinski definition) is 0. The molecule has 0 spiro atoms. The Labute approximate surface area is 158 Å². The Balaban J connectivity index is 1.87. The van der Waals surface area contributed by atoms with E-state index < -0.39 is 0 Å². The summed E-state index contributed by atoms with van der Waals surface area (Å²) in [6.07, 6.45) is 20.0. The summed E-state index contributed by atoms with van der Waals surface area (Å²) in [5, 5.41) is 0. The summed E-state index contributed by atoms with van der Waals surface area (Å²) >= 11 is 0. The van der Waals surface area contributed by atoms with Crippen molar-refractivity contribution in [1.29, 1.82) is 0 Å². The number of fused-ring (bicyclic) bond motifs is 1. The first kappa shape index (κ1) is 18.1. The fourth-order valence-corrected chi connectivity index (χ4v) is 2.64. The number of nitrogens with zero attached hydrogens (tertiary/aromatic N) is 5. The summed E-state index contributed by atoms with van der Waals surface area (Å²) in [5.41, 5.74) is 4.68. The first-order valence-corrected chi connectivity index (χ1v) is 8.49. The van der Waals surface area contributed by atoms with Gasteiger partial charge in [0.1, 0.15) is 12.2 Å². The molecule has 3 rings (SSSR count). The molecule has 6 heteroatoms. The van der Waals surface area contributed by atoms with Crippen LogP contribution < -0.4 is 9.57 Å². The van der Waals surface area contributed by atoms with Gasteiger partial charge in [0.15, 0.2) is 17.3 Å². The molecule has 0 aromatic carbocycles. The van der Waals surface area contributed by atoms with Gasteiger partial charge in [-0.25, -0.2) is 14.6 Å². The molecular weight excluding hydrogens is 338 g/mol. The number of anilines is 1. The number of hydrogen-bond acceptors (Lipinski definition) is 5. The molecule has 0 saturated heterocycles. The van der Waals surface area contributed by atoms with Gasteiger partial charge in [0.25, 0.3) is 5.71 Å². The first-order chi connectivity index (χ1) is 13.0. The van der Waals surface area contributed by atoms with E-state index in [9.17, 15) is 4.79 Å². The number of carbonyl (C=O) groups excluding carboxylic acids is 1. The topological polar surface area (TPSA) is 63.4 Å². The van der Waals surface area contributed by atoms with Crippen molar-refractivity contribution in [3.05, 3.63) is 65.4 Å². The van der Waals surface area contributed by atoms with Gasteiger partial charge in [-0.3, -0.25) is 14.7 Å². The Hall–Kier alpha value is -3.68. The van der Waals surface area contributed by atoms with Crippen LogP contribution in [0.15, 0.2) is 54.0 Å². The lowest BCUT2D eigenvalue weighted by Gasteiger charge is -2.14. The molecule has 0 atom stereocenters. The van der Waals surface area contributed by atoms with Crippen molar-refractivity contribution >= 4 is 23.7 Å². The van der Waals surface area contributed by atoms with Crippen LogP contribution in [-0.2, 0) is 11.3 Å². The fourth-order valence-electron chi connectivity index (χ4n) is 2.64. The summed E-state index contributed by atoms with van der Waals surface area (Å²) in [7, 11) is 0. The van der Waals surface area contributed by atoms with E-state index in [1.807, 2.05) is 30.1 Å². The summed E-state index contributed by atoms with van der Waals surface area (Å²) in [6, 6.07) is 2.49. The second kappa shape index (κ2) is 7.69. The first-order valence-electron chi connectivity index (χ1n) is 8.49. The molecule has 2 aliphatic rings. The molecule has 0 radical (unpaired) electrons. The van der Waals surface area contributed by atoms with E-state index in [-0.39, 0.29) is 5.78 Å². The van der Waals surface area contributed by atoms with Gasteiger partial charge in [-0.15, -0.1) is 0 Å². The van der Waals surface area contributed by atoms with E-state index in [1.165, 1.54) is 24.1 Å². The average Bonchev–Trinajstić information content (AvgIpc) is 2.88. The Bertz CT molecular complexity index is 1010. The van der Waals surface area contributed by atoms with Crippen molar-refractivity contribution in [3.63, 3.8) is 0 Å². The molecular formula is C21H20N5O+. The number of rotatable bonds is 5. The predicted octanol–water partition coefficient (Wildman–Crippen LogP) is 2.04. The van der Waals surface area contributed by atoms with Crippen LogP contribution in [-0.4, -0.2) is 32.7 Å². The third-order valence-electron chi connectivity index (χ3n) is 4.09. The van der Waals surface area contributed by atoms with E-state index in [0.717, 1.165) is 28.4 Å². The van der Waals surface area contributed by atoms with Gasteiger partial charge >= 0.3 is 6.34 Å². The Morgan fingerprint density at radius 3 is 3.00 bits per heavy atom. The summed E-state index contributed by atoms with van der Waals surface area (Å²) < 4.78 is 4.47. The molecule has 0 N–H and O–H groups in total. The number of carbonyl (C=O) groups is 1. The molecule has 0 amide bonds. The molecule has 1 aromatic rings. The van der Waals surface area contributed by atoms with E-state index in [2.05, 4.69) is 33.7 Å². The minimum atomic E-state index is -0.0938. The van der Waals surface area contributed by atoms with Crippen molar-refractivity contribution in [2.24, 2.45) is 0 Å². The zero-order valence-corrected chi connectivity index (χ0v) is 15.5. The van der Waals surface area contributed by atoms with E-state index in [0.29, 0.717) is 12.4 Å². The highest BCUT2D eigenvalue weighted by Crippen LogP contribution is 2.19. The van der Waals surface area contributed by atoms with Crippen LogP contribution in [0.2, 0.25) is 0 Å². The molecule has 0 bridgehead atoms. The minimum absolute atomic E-state index is 0.0938. The van der Waals surface area contributed by atoms with Crippen molar-refractivity contribution in [2.75, 3.05) is 4.90 Å². The normalized spacial score (nSPS) is 15.0. The monoisotopic (exact) mass is 358 g/mol. The molecule has 0 saturated carbocycles. The van der Waals surface area contributed by atoms with Gasteiger partial charge in [-0.05, 0) is 38.5 Å². The third kappa shape index (κ3) is 4.12. The molecule has 27 heavy (non-hydrogen) atoms. The highest BCUT2D eigenvalue weighted by Gasteiger charge is 2.29. The maximum absolute atomic E-state index is 11.2. The highest BCUT2D eigenvalue weighted by molar-refractivity contribution is 6.12. The van der Waals surface area contributed by atoms with Gasteiger partial charge in [-0.2, -0.15) is 0 Å². The van der Waals surface area contributed by atoms with Crippen LogP contribution in [0.1, 0.15) is 25.2 Å². The standard InChI is InChI=1S/C21H20N5O/c1-5-25(10-9-16(3)27)21-12-22-17(4)19(24-21)13-26-14-23-18-8-6-7-15(2)11-20(18)26/h1,6-12,14H,13H2,2-4H3/q+1. The molecule has 0 fully saturated rings. The molecule has 1 aliphatic heterocycles. The highest BCUT2D eigenvalue weighted by atomic mass is 16.1. The number of allylic oxidation sites excluding steroid dienone is 6. The Morgan fingerprint density at radius 2 is 2.26 bits per heavy atom. The maximum Gasteiger partial charge on any atom is 0.339 e. The van der Waals surface area contributed by atoms with Gasteiger partial charge in [0.05, 0.1) is 11.9 Å². The molecule has 0 unspecified atom stereocenters. The van der Waals surface area contributed by atoms with Gasteiger partial charge < -0.3 is 0 Å². The summed E-state index contributed by atoms with van der Waals surface area (Å²) in [4.78, 5) is 23.7. The Morgan fingerprint density at radius 1 is 1.44 bits per heavy atom. The van der Waals surface area contributed by atoms with Crippen LogP contribution in [0.25, 0.3) is 0 Å². The number of aromatic nitrogens is 2. The zero-order valence-electron chi connectivity index (χ0n) is 15.5. The molecule has 134 valence electrons. The predicted molar refractivity (Wildman–Crippen MR) is 108 cm³/mol. The number of ketones is 1. The van der Waals surface area contributed by atoms with Crippen molar-refractivity contribution in [2.45, 2.75) is 27.3 Å². The van der Waals surface area contributed by atoms with Crippen LogP contribution in [0.5, 0.6) is 0 Å². The van der Waals surface area contributed by atoms with Crippen molar-refractivity contribution in [1.82, 2.24) is 19.5 Å². The largest absolute Gasteiger partial charge is 0.339 e. The van der Waals surface area contributed by atoms with Gasteiger partial charge in [0, 0.05) is 18.3 Å². The smallest absolute Gasteiger partial charge is 0.295 e. The van der Waals surface area contributed by atoms with Gasteiger partial charge in [0.2, 0.25) is 0 Å². The Kier molecular flexibility index (Phi) is 5.16. The maximum atomic E-state index is 11.2. The summed E-state index contributed by atoms with van der Waals surface area (Å²) in [5.74, 6) is 0.394. The number of aryl methyl sites for hydroxylation is 1. The van der Waals surface area contributed by atoms with E-state index in [4.69, 9.17) is 6.42 Å². The fraction of sp³-hybridized carbons (Fsp3) is 0.190. The second-order valence-corrected chi connectivity index (χ2v) is 6.24. The van der Waals surface area contributed by atoms with Crippen LogP contribution in [0.4, 0.5) is 5.82 Å².